The summed E-state index contributed by atoms with van der Waals surface area (Å²) in [5.74, 6) is 5.96. The monoisotopic (exact) mass is 573 g/mol. The minimum atomic E-state index is 0. The van der Waals surface area contributed by atoms with Crippen LogP contribution in [0.3, 0.4) is 0 Å². The number of hydrogen-bond donors (Lipinski definition) is 0. The molecular formula is C40H73F. The van der Waals surface area contributed by atoms with Gasteiger partial charge in [-0.2, -0.15) is 0 Å². The van der Waals surface area contributed by atoms with Crippen LogP contribution in [-0.2, 0) is 0 Å². The molecule has 0 saturated heterocycles. The van der Waals surface area contributed by atoms with Crippen molar-refractivity contribution in [2.45, 2.75) is 159 Å². The molecule has 1 heteroatoms. The summed E-state index contributed by atoms with van der Waals surface area (Å²) < 4.78 is 0. The molecule has 4 aliphatic carbocycles. The molecule has 2 fully saturated rings. The smallest absolute Gasteiger partial charge is 0 e. The van der Waals surface area contributed by atoms with Crippen LogP contribution in [0.25, 0.3) is 0 Å². The Hall–Kier alpha value is -1.37. The molecule has 0 bridgehead atoms. The highest BCUT2D eigenvalue weighted by Gasteiger charge is 2.14. The van der Waals surface area contributed by atoms with Crippen molar-refractivity contribution in [2.24, 2.45) is 35.5 Å². The Morgan fingerprint density at radius 3 is 0.829 bits per heavy atom. The Labute approximate surface area is 259 Å². The van der Waals surface area contributed by atoms with E-state index in [-0.39, 0.29) is 6.13 Å². The Balaban J connectivity index is 0. The van der Waals surface area contributed by atoms with E-state index in [2.05, 4.69) is 106 Å². The second-order valence-corrected chi connectivity index (χ2v) is 14.7. The molecule has 2 atom stereocenters. The summed E-state index contributed by atoms with van der Waals surface area (Å²) in [6.07, 6.45) is 24.6. The number of rotatable bonds is 0. The lowest BCUT2D eigenvalue weighted by Crippen LogP contribution is -2.08. The summed E-state index contributed by atoms with van der Waals surface area (Å²) in [6, 6.07) is 8.48. The highest BCUT2D eigenvalue weighted by Crippen LogP contribution is 2.28. The van der Waals surface area contributed by atoms with E-state index in [0.29, 0.717) is 0 Å². The molecule has 41 heavy (non-hydrogen) atoms. The minimum Gasteiger partial charge on any atom is -0.269 e. The predicted octanol–water partition coefficient (Wildman–Crippen LogP) is 13.9. The highest BCUT2D eigenvalue weighted by molar-refractivity contribution is 5.19. The van der Waals surface area contributed by atoms with Crippen LogP contribution in [0.2, 0.25) is 0 Å². The first-order valence-electron chi connectivity index (χ1n) is 17.3. The molecule has 0 aliphatic heterocycles. The van der Waals surface area contributed by atoms with Crippen molar-refractivity contribution in [2.75, 3.05) is 0 Å². The van der Waals surface area contributed by atoms with Gasteiger partial charge < -0.3 is 0 Å². The molecule has 0 radical (unpaired) electrons. The van der Waals surface area contributed by atoms with Crippen molar-refractivity contribution in [3.05, 3.63) is 58.7 Å². The van der Waals surface area contributed by atoms with Crippen LogP contribution in [0.15, 0.2) is 47.6 Å². The molecule has 0 heterocycles. The Morgan fingerprint density at radius 2 is 0.659 bits per heavy atom. The highest BCUT2D eigenvalue weighted by atomic mass is 19.0. The molecule has 5 rings (SSSR count). The lowest BCUT2D eigenvalue weighted by atomic mass is 9.84. The zero-order valence-corrected chi connectivity index (χ0v) is 29.2. The molecule has 0 spiro atoms. The SMILES string of the molecule is CC1=CCC(C)CC1.CC1=CCC(C)CC1.CC1CCC(C)CC1.CC1CCC(C)CC1.Cc1ccc(C)cc1.F.[HH]. The van der Waals surface area contributed by atoms with Crippen molar-refractivity contribution in [1.29, 1.82) is 0 Å². The predicted molar refractivity (Wildman–Crippen MR) is 188 cm³/mol. The third-order valence-electron chi connectivity index (χ3n) is 9.63. The summed E-state index contributed by atoms with van der Waals surface area (Å²) in [5, 5.41) is 0. The number of halogens is 1. The molecule has 2 saturated carbocycles. The number of aryl methyl sites for hydroxylation is 2. The van der Waals surface area contributed by atoms with Gasteiger partial charge in [-0.25, -0.2) is 0 Å². The zero-order valence-electron chi connectivity index (χ0n) is 29.2. The molecule has 0 amide bonds. The fourth-order valence-electron chi connectivity index (χ4n) is 5.68. The van der Waals surface area contributed by atoms with Crippen molar-refractivity contribution in [1.82, 2.24) is 0 Å². The van der Waals surface area contributed by atoms with Gasteiger partial charge >= 0.3 is 0 Å². The molecule has 4 aliphatic rings. The van der Waals surface area contributed by atoms with Crippen LogP contribution in [0, 0.1) is 49.4 Å². The van der Waals surface area contributed by atoms with Crippen molar-refractivity contribution >= 4 is 0 Å². The quantitative estimate of drug-likeness (QED) is 0.271. The fourth-order valence-corrected chi connectivity index (χ4v) is 5.68. The van der Waals surface area contributed by atoms with E-state index in [1.807, 2.05) is 0 Å². The number of allylic oxidation sites excluding steroid dienone is 4. The molecule has 0 aromatic heterocycles. The Kier molecular flexibility index (Phi) is 22.4. The van der Waals surface area contributed by atoms with E-state index < -0.39 is 0 Å². The van der Waals surface area contributed by atoms with Gasteiger partial charge in [-0.1, -0.05) is 152 Å². The molecule has 240 valence electrons. The van der Waals surface area contributed by atoms with Gasteiger partial charge in [-0.05, 0) is 102 Å². The lowest BCUT2D eigenvalue weighted by molar-refractivity contribution is 0.308. The van der Waals surface area contributed by atoms with E-state index in [9.17, 15) is 0 Å². The zero-order chi connectivity index (χ0) is 29.9. The van der Waals surface area contributed by atoms with Crippen molar-refractivity contribution < 1.29 is 6.13 Å². The van der Waals surface area contributed by atoms with Gasteiger partial charge in [-0.3, -0.25) is 4.70 Å². The van der Waals surface area contributed by atoms with E-state index in [4.69, 9.17) is 0 Å². The average molecular weight is 573 g/mol. The first-order chi connectivity index (χ1) is 18.9. The summed E-state index contributed by atoms with van der Waals surface area (Å²) in [7, 11) is 0. The van der Waals surface area contributed by atoms with Crippen LogP contribution in [-0.4, -0.2) is 0 Å². The van der Waals surface area contributed by atoms with Crippen molar-refractivity contribution in [3.63, 3.8) is 0 Å². The van der Waals surface area contributed by atoms with Gasteiger partial charge in [-0.15, -0.1) is 0 Å². The van der Waals surface area contributed by atoms with Gasteiger partial charge in [0.15, 0.2) is 0 Å². The maximum Gasteiger partial charge on any atom is 0 e. The van der Waals surface area contributed by atoms with Crippen LogP contribution < -0.4 is 0 Å². The fraction of sp³-hybridized carbons (Fsp3) is 0.750. The molecule has 0 nitrogen and oxygen atoms in total. The third kappa shape index (κ3) is 21.9. The topological polar surface area (TPSA) is 0 Å². The van der Waals surface area contributed by atoms with Gasteiger partial charge in [0, 0.05) is 1.43 Å². The van der Waals surface area contributed by atoms with Gasteiger partial charge in [0.05, 0.1) is 0 Å². The molecule has 1 aromatic carbocycles. The van der Waals surface area contributed by atoms with E-state index in [1.165, 1.54) is 101 Å². The maximum absolute atomic E-state index is 2.37. The van der Waals surface area contributed by atoms with Gasteiger partial charge in [0.25, 0.3) is 0 Å². The molecule has 0 N–H and O–H groups in total. The van der Waals surface area contributed by atoms with Gasteiger partial charge in [0.2, 0.25) is 0 Å². The largest absolute Gasteiger partial charge is 0.269 e. The van der Waals surface area contributed by atoms with Crippen LogP contribution in [0.5, 0.6) is 0 Å². The molecular weight excluding hydrogens is 499 g/mol. The molecule has 1 aromatic rings. The maximum atomic E-state index is 2.37. The van der Waals surface area contributed by atoms with Crippen LogP contribution in [0.4, 0.5) is 4.70 Å². The first kappa shape index (κ1) is 39.6. The molecule has 2 unspecified atom stereocenters. The second-order valence-electron chi connectivity index (χ2n) is 14.7. The first-order valence-corrected chi connectivity index (χ1v) is 17.3. The summed E-state index contributed by atoms with van der Waals surface area (Å²) in [6.45, 7) is 22.8. The third-order valence-corrected chi connectivity index (χ3v) is 9.63. The van der Waals surface area contributed by atoms with E-state index >= 15 is 0 Å². The minimum absolute atomic E-state index is 0. The van der Waals surface area contributed by atoms with Crippen LogP contribution in [0.1, 0.15) is 158 Å². The second kappa shape index (κ2) is 23.1. The van der Waals surface area contributed by atoms with Gasteiger partial charge in [0.1, 0.15) is 0 Å². The average Bonchev–Trinajstić information content (AvgIpc) is 2.94. The Bertz CT molecular complexity index is 718. The normalized spacial score (nSPS) is 28.9. The summed E-state index contributed by atoms with van der Waals surface area (Å²) >= 11 is 0. The standard InChI is InChI=1S/2C8H16.2C8H14.C8H10.FH.H2/c5*1-7-3-5-8(2)6-4-7;;/h2*7-8H,3-6H2,1-2H3;2*3,8H,4-6H2,1-2H3;3-6H,1-2H3;2*1H. The van der Waals surface area contributed by atoms with E-state index in [1.54, 1.807) is 11.1 Å². The van der Waals surface area contributed by atoms with Crippen LogP contribution >= 0.6 is 0 Å². The summed E-state index contributed by atoms with van der Waals surface area (Å²) in [5.41, 5.74) is 5.83. The van der Waals surface area contributed by atoms with E-state index in [0.717, 1.165) is 35.5 Å². The lowest BCUT2D eigenvalue weighted by Gasteiger charge is -2.22. The summed E-state index contributed by atoms with van der Waals surface area (Å²) in [4.78, 5) is 0. The number of benzene rings is 1. The van der Waals surface area contributed by atoms with Crippen molar-refractivity contribution in [3.8, 4) is 0 Å². The number of hydrogen-bond acceptors (Lipinski definition) is 0. The Morgan fingerprint density at radius 1 is 0.415 bits per heavy atom.